The van der Waals surface area contributed by atoms with E-state index in [1.165, 1.54) is 0 Å². The van der Waals surface area contributed by atoms with Crippen molar-refractivity contribution in [3.8, 4) is 0 Å². The predicted molar refractivity (Wildman–Crippen MR) is 34.6 cm³/mol. The molecule has 0 bridgehead atoms. The molecule has 2 N–H and O–H groups in total. The minimum atomic E-state index is -0.833. The summed E-state index contributed by atoms with van der Waals surface area (Å²) in [5, 5.41) is 15.0. The molecule has 0 rings (SSSR count). The summed E-state index contributed by atoms with van der Waals surface area (Å²) >= 11 is 0. The Labute approximate surface area is 78.7 Å². The summed E-state index contributed by atoms with van der Waals surface area (Å²) in [5.41, 5.74) is 0. The number of aliphatic hydroxyl groups is 1. The molecule has 0 radical (unpaired) electrons. The maximum atomic E-state index is 9.00. The van der Waals surface area contributed by atoms with Crippen LogP contribution in [-0.4, -0.2) is 60.5 Å². The third-order valence-corrected chi connectivity index (χ3v) is 0. The van der Waals surface area contributed by atoms with E-state index in [2.05, 4.69) is 0 Å². The van der Waals surface area contributed by atoms with Gasteiger partial charge >= 0.3 is 37.7 Å². The van der Waals surface area contributed by atoms with Crippen molar-refractivity contribution in [1.82, 2.24) is 0 Å². The molecule has 0 heterocycles. The molecule has 0 spiro atoms. The Kier molecular flexibility index (Phi) is 31.0. The average Bonchev–Trinajstić information content (AvgIpc) is 1.33. The van der Waals surface area contributed by atoms with Crippen LogP contribution in [0, 0.1) is 0 Å². The summed E-state index contributed by atoms with van der Waals surface area (Å²) in [6.45, 7) is 3.01. The van der Waals surface area contributed by atoms with E-state index in [1.807, 2.05) is 0 Å². The van der Waals surface area contributed by atoms with E-state index < -0.39 is 5.97 Å². The zero-order chi connectivity index (χ0) is 6.28. The molecule has 3 nitrogen and oxygen atoms in total. The van der Waals surface area contributed by atoms with Gasteiger partial charge in [-0.25, -0.2) is 0 Å². The molecule has 0 saturated carbocycles. The van der Waals surface area contributed by atoms with Crippen LogP contribution in [0.3, 0.4) is 0 Å². The molecule has 0 aliphatic heterocycles. The van der Waals surface area contributed by atoms with Gasteiger partial charge in [0.15, 0.2) is 0 Å². The first-order chi connectivity index (χ1) is 3.15. The van der Waals surface area contributed by atoms with E-state index in [9.17, 15) is 0 Å². The summed E-state index contributed by atoms with van der Waals surface area (Å²) < 4.78 is 0. The first kappa shape index (κ1) is 15.9. The van der Waals surface area contributed by atoms with E-state index in [0.717, 1.165) is 6.92 Å². The van der Waals surface area contributed by atoms with Crippen LogP contribution in [0.5, 0.6) is 0 Å². The molecule has 8 heavy (non-hydrogen) atoms. The molecule has 4 heteroatoms. The second-order valence-corrected chi connectivity index (χ2v) is 0.835. The molecule has 0 saturated heterocycles. The van der Waals surface area contributed by atoms with E-state index in [0.29, 0.717) is 0 Å². The van der Waals surface area contributed by atoms with Crippen molar-refractivity contribution in [2.24, 2.45) is 0 Å². The minimum absolute atomic E-state index is 0. The fourth-order valence-corrected chi connectivity index (χ4v) is 0. The number of aliphatic hydroxyl groups excluding tert-OH is 1. The number of aliphatic carboxylic acids is 1. The SMILES string of the molecule is CC(=O)O.CCO.[CaH2]. The molecule has 0 aromatic heterocycles. The Bertz CT molecular complexity index is 42.5. The summed E-state index contributed by atoms with van der Waals surface area (Å²) in [4.78, 5) is 9.00. The molecule has 0 amide bonds. The number of rotatable bonds is 0. The van der Waals surface area contributed by atoms with Crippen molar-refractivity contribution >= 4 is 43.7 Å². The van der Waals surface area contributed by atoms with Gasteiger partial charge in [-0.05, 0) is 6.92 Å². The topological polar surface area (TPSA) is 57.5 Å². The van der Waals surface area contributed by atoms with E-state index in [1.54, 1.807) is 6.92 Å². The average molecular weight is 148 g/mol. The van der Waals surface area contributed by atoms with Gasteiger partial charge in [0.25, 0.3) is 5.97 Å². The molecule has 0 aromatic carbocycles. The third kappa shape index (κ3) is 455. The van der Waals surface area contributed by atoms with Crippen LogP contribution in [0.1, 0.15) is 13.8 Å². The van der Waals surface area contributed by atoms with Crippen molar-refractivity contribution in [2.75, 3.05) is 6.61 Å². The van der Waals surface area contributed by atoms with E-state index in [4.69, 9.17) is 15.0 Å². The van der Waals surface area contributed by atoms with Crippen LogP contribution in [0.25, 0.3) is 0 Å². The zero-order valence-corrected chi connectivity index (χ0v) is 4.51. The van der Waals surface area contributed by atoms with Gasteiger partial charge in [-0.2, -0.15) is 0 Å². The molecule has 0 atom stereocenters. The summed E-state index contributed by atoms with van der Waals surface area (Å²) in [5.74, 6) is -0.833. The Balaban J connectivity index is -0.0000000575. The van der Waals surface area contributed by atoms with Crippen molar-refractivity contribution in [3.05, 3.63) is 0 Å². The predicted octanol–water partition coefficient (Wildman–Crippen LogP) is -0.827. The number of carbonyl (C=O) groups is 1. The Hall–Kier alpha value is 0.690. The quantitative estimate of drug-likeness (QED) is 0.441. The van der Waals surface area contributed by atoms with Crippen LogP contribution in [0.2, 0.25) is 0 Å². The molecule has 0 aliphatic carbocycles. The van der Waals surface area contributed by atoms with Gasteiger partial charge in [0.05, 0.1) is 0 Å². The molecular weight excluding hydrogens is 136 g/mol. The van der Waals surface area contributed by atoms with E-state index >= 15 is 0 Å². The zero-order valence-electron chi connectivity index (χ0n) is 4.51. The normalized spacial score (nSPS) is 5.38. The fraction of sp³-hybridized carbons (Fsp3) is 0.750. The van der Waals surface area contributed by atoms with Crippen LogP contribution < -0.4 is 0 Å². The molecule has 0 aliphatic rings. The second kappa shape index (κ2) is 15.6. The fourth-order valence-electron chi connectivity index (χ4n) is 0. The summed E-state index contributed by atoms with van der Waals surface area (Å²) in [6.07, 6.45) is 0. The van der Waals surface area contributed by atoms with Gasteiger partial charge in [-0.1, -0.05) is 0 Å². The van der Waals surface area contributed by atoms with Gasteiger partial charge in [-0.3, -0.25) is 4.79 Å². The summed E-state index contributed by atoms with van der Waals surface area (Å²) in [7, 11) is 0. The number of hydrogen-bond donors (Lipinski definition) is 2. The van der Waals surface area contributed by atoms with Crippen LogP contribution in [-0.2, 0) is 4.79 Å². The number of hydrogen-bond acceptors (Lipinski definition) is 2. The number of carboxylic acid groups (broad SMARTS) is 1. The Morgan fingerprint density at radius 1 is 1.62 bits per heavy atom. The van der Waals surface area contributed by atoms with Crippen molar-refractivity contribution in [2.45, 2.75) is 13.8 Å². The molecule has 0 fully saturated rings. The van der Waals surface area contributed by atoms with Crippen molar-refractivity contribution in [3.63, 3.8) is 0 Å². The standard InChI is InChI=1S/C2H4O2.C2H6O.Ca.2H/c1-2(3)4;1-2-3;;;/h1H3,(H,3,4);3H,2H2,1H3;;;. The monoisotopic (exact) mass is 148 g/mol. The first-order valence-corrected chi connectivity index (χ1v) is 1.95. The van der Waals surface area contributed by atoms with Gasteiger partial charge in [0, 0.05) is 13.5 Å². The van der Waals surface area contributed by atoms with Crippen molar-refractivity contribution in [1.29, 1.82) is 0 Å². The Morgan fingerprint density at radius 2 is 1.62 bits per heavy atom. The number of carboxylic acids is 1. The van der Waals surface area contributed by atoms with Crippen LogP contribution in [0.4, 0.5) is 0 Å². The Morgan fingerprint density at radius 3 is 1.62 bits per heavy atom. The third-order valence-electron chi connectivity index (χ3n) is 0. The molecule has 0 aromatic rings. The van der Waals surface area contributed by atoms with Gasteiger partial charge in [0.1, 0.15) is 0 Å². The first-order valence-electron chi connectivity index (χ1n) is 1.95. The van der Waals surface area contributed by atoms with Crippen molar-refractivity contribution < 1.29 is 15.0 Å². The van der Waals surface area contributed by atoms with Gasteiger partial charge in [0.2, 0.25) is 0 Å². The van der Waals surface area contributed by atoms with Gasteiger partial charge < -0.3 is 10.2 Å². The molecular formula is C4H12CaO3. The second-order valence-electron chi connectivity index (χ2n) is 0.835. The molecule has 0 unspecified atom stereocenters. The summed E-state index contributed by atoms with van der Waals surface area (Å²) in [6, 6.07) is 0. The van der Waals surface area contributed by atoms with Crippen LogP contribution >= 0.6 is 0 Å². The van der Waals surface area contributed by atoms with Crippen LogP contribution in [0.15, 0.2) is 0 Å². The maximum absolute atomic E-state index is 9.00. The van der Waals surface area contributed by atoms with Gasteiger partial charge in [-0.15, -0.1) is 0 Å². The van der Waals surface area contributed by atoms with E-state index in [-0.39, 0.29) is 44.3 Å². The molecule has 48 valence electrons.